The average molecular weight is 379 g/mol. The number of anilines is 1. The molecule has 0 amide bonds. The van der Waals surface area contributed by atoms with E-state index in [1.54, 1.807) is 14.2 Å². The first-order valence-corrected chi connectivity index (χ1v) is 9.54. The lowest BCUT2D eigenvalue weighted by atomic mass is 9.88. The lowest BCUT2D eigenvalue weighted by molar-refractivity contribution is -0.00491. The molecule has 1 heterocycles. The number of rotatable bonds is 9. The van der Waals surface area contributed by atoms with Crippen molar-refractivity contribution in [3.63, 3.8) is 0 Å². The Balaban J connectivity index is 1.90. The number of ether oxygens (including phenoxy) is 3. The molecule has 27 heavy (non-hydrogen) atoms. The Hall–Kier alpha value is -1.83. The van der Waals surface area contributed by atoms with Crippen molar-refractivity contribution >= 4 is 11.6 Å². The molecule has 152 valence electrons. The molecule has 1 aromatic rings. The second-order valence-electron chi connectivity index (χ2n) is 7.00. The first-order valence-electron chi connectivity index (χ1n) is 9.54. The van der Waals surface area contributed by atoms with Gasteiger partial charge < -0.3 is 29.7 Å². The van der Waals surface area contributed by atoms with Crippen LogP contribution in [0.3, 0.4) is 0 Å². The van der Waals surface area contributed by atoms with E-state index in [2.05, 4.69) is 34.6 Å². The minimum absolute atomic E-state index is 0.0855. The molecule has 2 rings (SSSR count). The number of hydrogen-bond acceptors (Lipinski definition) is 5. The van der Waals surface area contributed by atoms with Crippen LogP contribution < -0.4 is 15.4 Å². The number of benzene rings is 1. The molecule has 2 N–H and O–H groups in total. The summed E-state index contributed by atoms with van der Waals surface area (Å²) in [5, 5.41) is 6.82. The summed E-state index contributed by atoms with van der Waals surface area (Å²) in [4.78, 5) is 6.66. The van der Waals surface area contributed by atoms with Crippen molar-refractivity contribution in [1.29, 1.82) is 0 Å². The number of guanidine groups is 1. The van der Waals surface area contributed by atoms with Gasteiger partial charge in [0.1, 0.15) is 5.75 Å². The van der Waals surface area contributed by atoms with Crippen molar-refractivity contribution in [2.24, 2.45) is 4.99 Å². The van der Waals surface area contributed by atoms with Gasteiger partial charge in [0, 0.05) is 64.2 Å². The molecule has 1 fully saturated rings. The fourth-order valence-corrected chi connectivity index (χ4v) is 3.15. The molecule has 1 aromatic carbocycles. The Morgan fingerprint density at radius 3 is 2.70 bits per heavy atom. The minimum atomic E-state index is 0.0855. The van der Waals surface area contributed by atoms with Crippen molar-refractivity contribution in [1.82, 2.24) is 10.2 Å². The predicted octanol–water partition coefficient (Wildman–Crippen LogP) is 2.20. The summed E-state index contributed by atoms with van der Waals surface area (Å²) in [7, 11) is 7.75. The Kier molecular flexibility index (Phi) is 8.84. The van der Waals surface area contributed by atoms with Crippen molar-refractivity contribution in [2.45, 2.75) is 24.8 Å². The Morgan fingerprint density at radius 1 is 1.26 bits per heavy atom. The molecule has 0 saturated carbocycles. The number of nitrogens with one attached hydrogen (secondary N) is 2. The highest BCUT2D eigenvalue weighted by Gasteiger charge is 2.34. The van der Waals surface area contributed by atoms with Crippen LogP contribution >= 0.6 is 0 Å². The van der Waals surface area contributed by atoms with Gasteiger partial charge in [-0.2, -0.15) is 0 Å². The molecule has 0 atom stereocenters. The fraction of sp³-hybridized carbons (Fsp3) is 0.650. The third kappa shape index (κ3) is 6.68. The van der Waals surface area contributed by atoms with Gasteiger partial charge in [-0.15, -0.1) is 0 Å². The van der Waals surface area contributed by atoms with E-state index in [1.165, 1.54) is 0 Å². The van der Waals surface area contributed by atoms with Gasteiger partial charge in [-0.05, 0) is 39.1 Å². The standard InChI is InChI=1S/C20H34N4O3/c1-21-19(22-16-20(24(2)3)9-13-26-14-10-20)23-17-7-5-8-18(15-17)27-12-6-11-25-4/h5,7-8,15H,6,9-14,16H2,1-4H3,(H2,21,22,23). The van der Waals surface area contributed by atoms with E-state index in [9.17, 15) is 0 Å². The monoisotopic (exact) mass is 378 g/mol. The number of likely N-dealkylation sites (N-methyl/N-ethyl adjacent to an activating group) is 1. The fourth-order valence-electron chi connectivity index (χ4n) is 3.15. The number of nitrogens with zero attached hydrogens (tertiary/aromatic N) is 2. The van der Waals surface area contributed by atoms with Crippen LogP contribution in [-0.2, 0) is 9.47 Å². The second-order valence-corrected chi connectivity index (χ2v) is 7.00. The first kappa shape index (κ1) is 21.5. The van der Waals surface area contributed by atoms with Crippen LogP contribution in [0, 0.1) is 0 Å². The van der Waals surface area contributed by atoms with Crippen LogP contribution in [0.25, 0.3) is 0 Å². The van der Waals surface area contributed by atoms with Crippen molar-refractivity contribution in [2.75, 3.05) is 66.5 Å². The Morgan fingerprint density at radius 2 is 2.04 bits per heavy atom. The Bertz CT molecular complexity index is 586. The number of methoxy groups -OCH3 is 1. The maximum atomic E-state index is 5.77. The number of aliphatic imine (C=N–C) groups is 1. The van der Waals surface area contributed by atoms with E-state index in [0.717, 1.165) is 56.4 Å². The van der Waals surface area contributed by atoms with E-state index < -0.39 is 0 Å². The summed E-state index contributed by atoms with van der Waals surface area (Å²) >= 11 is 0. The zero-order valence-corrected chi connectivity index (χ0v) is 17.1. The first-order chi connectivity index (χ1) is 13.1. The van der Waals surface area contributed by atoms with E-state index in [0.29, 0.717) is 13.2 Å². The van der Waals surface area contributed by atoms with Gasteiger partial charge in [-0.25, -0.2) is 0 Å². The maximum absolute atomic E-state index is 5.77. The van der Waals surface area contributed by atoms with Crippen LogP contribution in [-0.4, -0.2) is 77.6 Å². The van der Waals surface area contributed by atoms with Gasteiger partial charge in [-0.1, -0.05) is 6.07 Å². The quantitative estimate of drug-likeness (QED) is 0.390. The highest BCUT2D eigenvalue weighted by molar-refractivity contribution is 5.93. The molecule has 0 unspecified atom stereocenters. The van der Waals surface area contributed by atoms with Crippen LogP contribution in [0.15, 0.2) is 29.3 Å². The number of hydrogen-bond donors (Lipinski definition) is 2. The maximum Gasteiger partial charge on any atom is 0.195 e. The van der Waals surface area contributed by atoms with Gasteiger partial charge in [0.2, 0.25) is 0 Å². The van der Waals surface area contributed by atoms with Gasteiger partial charge in [0.15, 0.2) is 5.96 Å². The van der Waals surface area contributed by atoms with Gasteiger partial charge in [0.05, 0.1) is 6.61 Å². The van der Waals surface area contributed by atoms with Crippen molar-refractivity contribution < 1.29 is 14.2 Å². The van der Waals surface area contributed by atoms with Gasteiger partial charge >= 0.3 is 0 Å². The van der Waals surface area contributed by atoms with E-state index in [-0.39, 0.29) is 5.54 Å². The smallest absolute Gasteiger partial charge is 0.195 e. The topological polar surface area (TPSA) is 67.4 Å². The highest BCUT2D eigenvalue weighted by Crippen LogP contribution is 2.25. The molecule has 0 bridgehead atoms. The zero-order valence-electron chi connectivity index (χ0n) is 17.1. The lowest BCUT2D eigenvalue weighted by Crippen LogP contribution is -2.56. The molecule has 0 aliphatic carbocycles. The van der Waals surface area contributed by atoms with Crippen molar-refractivity contribution in [3.8, 4) is 5.75 Å². The van der Waals surface area contributed by atoms with Crippen LogP contribution in [0.1, 0.15) is 19.3 Å². The lowest BCUT2D eigenvalue weighted by Gasteiger charge is -2.43. The van der Waals surface area contributed by atoms with E-state index in [4.69, 9.17) is 14.2 Å². The second kappa shape index (κ2) is 11.1. The van der Waals surface area contributed by atoms with Crippen molar-refractivity contribution in [3.05, 3.63) is 24.3 Å². The summed E-state index contributed by atoms with van der Waals surface area (Å²) < 4.78 is 16.4. The summed E-state index contributed by atoms with van der Waals surface area (Å²) in [6.45, 7) is 3.75. The molecule has 7 nitrogen and oxygen atoms in total. The summed E-state index contributed by atoms with van der Waals surface area (Å²) in [5.41, 5.74) is 1.03. The largest absolute Gasteiger partial charge is 0.493 e. The Labute approximate surface area is 163 Å². The third-order valence-corrected chi connectivity index (χ3v) is 5.04. The summed E-state index contributed by atoms with van der Waals surface area (Å²) in [5.74, 6) is 1.58. The molecular formula is C20H34N4O3. The normalized spacial score (nSPS) is 17.0. The summed E-state index contributed by atoms with van der Waals surface area (Å²) in [6, 6.07) is 7.92. The highest BCUT2D eigenvalue weighted by atomic mass is 16.5. The van der Waals surface area contributed by atoms with Gasteiger partial charge in [-0.3, -0.25) is 4.99 Å². The molecule has 0 radical (unpaired) electrons. The van der Waals surface area contributed by atoms with Gasteiger partial charge in [0.25, 0.3) is 0 Å². The zero-order chi connectivity index (χ0) is 19.5. The minimum Gasteiger partial charge on any atom is -0.493 e. The molecule has 0 spiro atoms. The molecule has 1 aliphatic heterocycles. The third-order valence-electron chi connectivity index (χ3n) is 5.04. The van der Waals surface area contributed by atoms with Crippen LogP contribution in [0.2, 0.25) is 0 Å². The molecular weight excluding hydrogens is 344 g/mol. The average Bonchev–Trinajstić information content (AvgIpc) is 2.69. The molecule has 1 aliphatic rings. The molecule has 1 saturated heterocycles. The molecule has 7 heteroatoms. The van der Waals surface area contributed by atoms with Crippen LogP contribution in [0.5, 0.6) is 5.75 Å². The van der Waals surface area contributed by atoms with Crippen LogP contribution in [0.4, 0.5) is 5.69 Å². The van der Waals surface area contributed by atoms with E-state index in [1.807, 2.05) is 24.3 Å². The van der Waals surface area contributed by atoms with E-state index >= 15 is 0 Å². The predicted molar refractivity (Wildman–Crippen MR) is 110 cm³/mol. The molecule has 0 aromatic heterocycles. The SMILES string of the molecule is CN=C(NCC1(N(C)C)CCOCC1)Nc1cccc(OCCCOC)c1. The summed E-state index contributed by atoms with van der Waals surface area (Å²) in [6.07, 6.45) is 2.89.